The number of primary amides is 1. The van der Waals surface area contributed by atoms with Crippen LogP contribution in [0.2, 0.25) is 0 Å². The fourth-order valence-electron chi connectivity index (χ4n) is 2.64. The molecule has 0 aliphatic heterocycles. The third-order valence-electron chi connectivity index (χ3n) is 4.14. The van der Waals surface area contributed by atoms with E-state index in [1.54, 1.807) is 55.5 Å². The Morgan fingerprint density at radius 2 is 1.85 bits per heavy atom. The molecule has 0 spiro atoms. The Balaban J connectivity index is 2.11. The quantitative estimate of drug-likeness (QED) is 0.687. The second kappa shape index (κ2) is 9.62. The zero-order valence-corrected chi connectivity index (χ0v) is 16.0. The standard InChI is InChI=1S/C21H26N2O4/c1-4-5-11-27-18-10-9-17(13-19(18)26-3)21(25)23(2)14-15-7-6-8-16(12-15)20(22)24/h6-10,12-13H,4-5,11,14H2,1-3H3,(H2,22,24). The van der Waals surface area contributed by atoms with Crippen molar-refractivity contribution in [3.8, 4) is 11.5 Å². The average Bonchev–Trinajstić information content (AvgIpc) is 2.67. The van der Waals surface area contributed by atoms with Crippen LogP contribution in [0, 0.1) is 0 Å². The summed E-state index contributed by atoms with van der Waals surface area (Å²) in [7, 11) is 3.26. The maximum Gasteiger partial charge on any atom is 0.254 e. The van der Waals surface area contributed by atoms with Gasteiger partial charge < -0.3 is 20.1 Å². The summed E-state index contributed by atoms with van der Waals surface area (Å²) in [5, 5.41) is 0. The average molecular weight is 370 g/mol. The Labute approximate surface area is 159 Å². The summed E-state index contributed by atoms with van der Waals surface area (Å²) in [6.07, 6.45) is 2.00. The number of rotatable bonds is 9. The molecular formula is C21H26N2O4. The number of nitrogens with two attached hydrogens (primary N) is 1. The van der Waals surface area contributed by atoms with Crippen LogP contribution in [0.15, 0.2) is 42.5 Å². The van der Waals surface area contributed by atoms with Gasteiger partial charge in [-0.25, -0.2) is 0 Å². The SMILES string of the molecule is CCCCOc1ccc(C(=O)N(C)Cc2cccc(C(N)=O)c2)cc1OC. The third-order valence-corrected chi connectivity index (χ3v) is 4.14. The third kappa shape index (κ3) is 5.48. The topological polar surface area (TPSA) is 81.9 Å². The zero-order valence-electron chi connectivity index (χ0n) is 16.0. The molecular weight excluding hydrogens is 344 g/mol. The predicted molar refractivity (Wildman–Crippen MR) is 104 cm³/mol. The molecule has 2 amide bonds. The molecule has 2 N–H and O–H groups in total. The Bertz CT molecular complexity index is 805. The molecule has 144 valence electrons. The van der Waals surface area contributed by atoms with Crippen molar-refractivity contribution in [3.63, 3.8) is 0 Å². The Morgan fingerprint density at radius 3 is 2.52 bits per heavy atom. The minimum Gasteiger partial charge on any atom is -0.493 e. The molecule has 6 nitrogen and oxygen atoms in total. The number of unbranched alkanes of at least 4 members (excludes halogenated alkanes) is 1. The number of amides is 2. The molecule has 0 aliphatic rings. The molecule has 2 aromatic carbocycles. The van der Waals surface area contributed by atoms with E-state index in [9.17, 15) is 9.59 Å². The van der Waals surface area contributed by atoms with E-state index in [4.69, 9.17) is 15.2 Å². The number of hydrogen-bond donors (Lipinski definition) is 1. The van der Waals surface area contributed by atoms with Crippen molar-refractivity contribution in [1.82, 2.24) is 4.90 Å². The Hall–Kier alpha value is -3.02. The first-order chi connectivity index (χ1) is 13.0. The maximum atomic E-state index is 12.7. The van der Waals surface area contributed by atoms with Crippen LogP contribution >= 0.6 is 0 Å². The van der Waals surface area contributed by atoms with Crippen LogP contribution in [0.1, 0.15) is 46.0 Å². The normalized spacial score (nSPS) is 10.3. The highest BCUT2D eigenvalue weighted by Gasteiger charge is 2.16. The number of hydrogen-bond acceptors (Lipinski definition) is 4. The van der Waals surface area contributed by atoms with Gasteiger partial charge in [0.1, 0.15) is 0 Å². The Morgan fingerprint density at radius 1 is 1.07 bits per heavy atom. The van der Waals surface area contributed by atoms with E-state index in [0.717, 1.165) is 18.4 Å². The molecule has 6 heteroatoms. The van der Waals surface area contributed by atoms with Crippen molar-refractivity contribution < 1.29 is 19.1 Å². The lowest BCUT2D eigenvalue weighted by molar-refractivity contribution is 0.0784. The minimum absolute atomic E-state index is 0.155. The van der Waals surface area contributed by atoms with E-state index in [-0.39, 0.29) is 5.91 Å². The van der Waals surface area contributed by atoms with Gasteiger partial charge in [0, 0.05) is 24.7 Å². The lowest BCUT2D eigenvalue weighted by atomic mass is 10.1. The number of ether oxygens (including phenoxy) is 2. The largest absolute Gasteiger partial charge is 0.493 e. The van der Waals surface area contributed by atoms with Crippen LogP contribution in [-0.4, -0.2) is 37.5 Å². The first kappa shape index (κ1) is 20.3. The summed E-state index contributed by atoms with van der Waals surface area (Å²) >= 11 is 0. The van der Waals surface area contributed by atoms with Crippen molar-refractivity contribution >= 4 is 11.8 Å². The number of carbonyl (C=O) groups is 2. The lowest BCUT2D eigenvalue weighted by Gasteiger charge is -2.19. The fourth-order valence-corrected chi connectivity index (χ4v) is 2.64. The van der Waals surface area contributed by atoms with Gasteiger partial charge in [-0.05, 0) is 42.3 Å². The highest BCUT2D eigenvalue weighted by atomic mass is 16.5. The van der Waals surface area contributed by atoms with Crippen LogP contribution in [0.25, 0.3) is 0 Å². The summed E-state index contributed by atoms with van der Waals surface area (Å²) in [6, 6.07) is 12.1. The van der Waals surface area contributed by atoms with Gasteiger partial charge >= 0.3 is 0 Å². The van der Waals surface area contributed by atoms with Crippen molar-refractivity contribution in [2.24, 2.45) is 5.73 Å². The van der Waals surface area contributed by atoms with Crippen LogP contribution in [0.4, 0.5) is 0 Å². The number of benzene rings is 2. The monoisotopic (exact) mass is 370 g/mol. The first-order valence-electron chi connectivity index (χ1n) is 8.91. The van der Waals surface area contributed by atoms with Crippen molar-refractivity contribution in [2.75, 3.05) is 20.8 Å². The van der Waals surface area contributed by atoms with Gasteiger partial charge in [-0.3, -0.25) is 9.59 Å². The van der Waals surface area contributed by atoms with E-state index in [0.29, 0.717) is 35.8 Å². The molecule has 2 aromatic rings. The van der Waals surface area contributed by atoms with Gasteiger partial charge in [0.25, 0.3) is 5.91 Å². The molecule has 0 unspecified atom stereocenters. The van der Waals surface area contributed by atoms with Crippen LogP contribution in [-0.2, 0) is 6.54 Å². The van der Waals surface area contributed by atoms with Crippen LogP contribution in [0.3, 0.4) is 0 Å². The van der Waals surface area contributed by atoms with E-state index in [1.807, 2.05) is 6.07 Å². The zero-order chi connectivity index (χ0) is 19.8. The number of carbonyl (C=O) groups excluding carboxylic acids is 2. The van der Waals surface area contributed by atoms with E-state index >= 15 is 0 Å². The van der Waals surface area contributed by atoms with Gasteiger partial charge in [0.05, 0.1) is 13.7 Å². The van der Waals surface area contributed by atoms with Gasteiger partial charge in [-0.2, -0.15) is 0 Å². The number of methoxy groups -OCH3 is 1. The molecule has 0 saturated carbocycles. The van der Waals surface area contributed by atoms with E-state index in [2.05, 4.69) is 6.92 Å². The molecule has 0 bridgehead atoms. The predicted octanol–water partition coefficient (Wildman–Crippen LogP) is 3.25. The van der Waals surface area contributed by atoms with Gasteiger partial charge in [0.15, 0.2) is 11.5 Å². The van der Waals surface area contributed by atoms with Gasteiger partial charge in [-0.15, -0.1) is 0 Å². The molecule has 0 saturated heterocycles. The van der Waals surface area contributed by atoms with Crippen molar-refractivity contribution in [3.05, 3.63) is 59.2 Å². The molecule has 0 fully saturated rings. The molecule has 27 heavy (non-hydrogen) atoms. The highest BCUT2D eigenvalue weighted by Crippen LogP contribution is 2.29. The molecule has 0 aliphatic carbocycles. The smallest absolute Gasteiger partial charge is 0.254 e. The molecule has 0 heterocycles. The summed E-state index contributed by atoms with van der Waals surface area (Å²) in [4.78, 5) is 25.6. The summed E-state index contributed by atoms with van der Waals surface area (Å²) < 4.78 is 11.1. The van der Waals surface area contributed by atoms with Crippen LogP contribution in [0.5, 0.6) is 11.5 Å². The second-order valence-corrected chi connectivity index (χ2v) is 6.29. The molecule has 2 rings (SSSR count). The van der Waals surface area contributed by atoms with Crippen molar-refractivity contribution in [2.45, 2.75) is 26.3 Å². The molecule has 0 aromatic heterocycles. The second-order valence-electron chi connectivity index (χ2n) is 6.29. The fraction of sp³-hybridized carbons (Fsp3) is 0.333. The highest BCUT2D eigenvalue weighted by molar-refractivity contribution is 5.95. The summed E-state index contributed by atoms with van der Waals surface area (Å²) in [5.41, 5.74) is 7.06. The van der Waals surface area contributed by atoms with Crippen LogP contribution < -0.4 is 15.2 Å². The molecule has 0 atom stereocenters. The summed E-state index contributed by atoms with van der Waals surface area (Å²) in [6.45, 7) is 3.06. The van der Waals surface area contributed by atoms with E-state index in [1.165, 1.54) is 0 Å². The maximum absolute atomic E-state index is 12.7. The van der Waals surface area contributed by atoms with E-state index < -0.39 is 5.91 Å². The summed E-state index contributed by atoms with van der Waals surface area (Å²) in [5.74, 6) is 0.507. The number of nitrogens with zero attached hydrogens (tertiary/aromatic N) is 1. The minimum atomic E-state index is -0.491. The van der Waals surface area contributed by atoms with Gasteiger partial charge in [-0.1, -0.05) is 25.5 Å². The van der Waals surface area contributed by atoms with Crippen molar-refractivity contribution in [1.29, 1.82) is 0 Å². The van der Waals surface area contributed by atoms with Gasteiger partial charge in [0.2, 0.25) is 5.91 Å². The molecule has 0 radical (unpaired) electrons. The lowest BCUT2D eigenvalue weighted by Crippen LogP contribution is -2.26. The Kier molecular flexibility index (Phi) is 7.23. The first-order valence-corrected chi connectivity index (χ1v) is 8.91.